The smallest absolute Gasteiger partial charge is 0.308 e. The molecule has 0 saturated carbocycles. The summed E-state index contributed by atoms with van der Waals surface area (Å²) >= 11 is 0. The van der Waals surface area contributed by atoms with Crippen molar-refractivity contribution in [2.75, 3.05) is 6.54 Å². The number of amides is 1. The summed E-state index contributed by atoms with van der Waals surface area (Å²) in [6.07, 6.45) is 1.61. The second-order valence-corrected chi connectivity index (χ2v) is 4.33. The minimum Gasteiger partial charge on any atom is -0.481 e. The molecule has 0 spiro atoms. The van der Waals surface area contributed by atoms with Gasteiger partial charge in [0.25, 0.3) is 0 Å². The topological polar surface area (TPSA) is 66.4 Å². The molecule has 0 fully saturated rings. The molecule has 1 amide bonds. The number of rotatable bonds is 5. The zero-order chi connectivity index (χ0) is 14.4. The van der Waals surface area contributed by atoms with Crippen LogP contribution in [0.25, 0.3) is 6.08 Å². The van der Waals surface area contributed by atoms with E-state index in [1.165, 1.54) is 19.1 Å². The number of carbonyl (C=O) groups excluding carboxylic acids is 1. The molecule has 0 radical (unpaired) electrons. The van der Waals surface area contributed by atoms with Crippen LogP contribution in [0.15, 0.2) is 29.8 Å². The Morgan fingerprint density at radius 3 is 2.47 bits per heavy atom. The van der Waals surface area contributed by atoms with E-state index in [9.17, 15) is 14.0 Å². The maximum atomic E-state index is 12.7. The lowest BCUT2D eigenvalue weighted by atomic mass is 10.1. The monoisotopic (exact) mass is 265 g/mol. The summed E-state index contributed by atoms with van der Waals surface area (Å²) < 4.78 is 12.7. The molecule has 19 heavy (non-hydrogen) atoms. The molecule has 0 heterocycles. The van der Waals surface area contributed by atoms with Gasteiger partial charge in [-0.1, -0.05) is 19.1 Å². The number of carbonyl (C=O) groups is 2. The quantitative estimate of drug-likeness (QED) is 0.801. The summed E-state index contributed by atoms with van der Waals surface area (Å²) in [5, 5.41) is 11.2. The summed E-state index contributed by atoms with van der Waals surface area (Å²) in [6.45, 7) is 3.20. The summed E-state index contributed by atoms with van der Waals surface area (Å²) in [5.74, 6) is -2.27. The molecule has 0 aliphatic rings. The lowest BCUT2D eigenvalue weighted by Gasteiger charge is -2.08. The van der Waals surface area contributed by atoms with E-state index in [0.717, 1.165) is 0 Å². The van der Waals surface area contributed by atoms with Crippen LogP contribution < -0.4 is 5.32 Å². The van der Waals surface area contributed by atoms with E-state index in [4.69, 9.17) is 5.11 Å². The molecular formula is C14H16FNO3. The van der Waals surface area contributed by atoms with Crippen LogP contribution in [0.5, 0.6) is 0 Å². The highest BCUT2D eigenvalue weighted by Gasteiger charge is 2.12. The van der Waals surface area contributed by atoms with Crippen LogP contribution in [0, 0.1) is 11.7 Å². The first-order valence-corrected chi connectivity index (χ1v) is 5.85. The van der Waals surface area contributed by atoms with Gasteiger partial charge in [0, 0.05) is 12.1 Å². The summed E-state index contributed by atoms with van der Waals surface area (Å²) in [6, 6.07) is 5.74. The SMILES string of the molecule is C/C(=C\c1ccc(F)cc1)C(=O)NCC(C)C(=O)O. The Labute approximate surface area is 110 Å². The van der Waals surface area contributed by atoms with E-state index in [1.807, 2.05) is 0 Å². The number of hydrogen-bond donors (Lipinski definition) is 2. The van der Waals surface area contributed by atoms with E-state index in [1.54, 1.807) is 25.1 Å². The van der Waals surface area contributed by atoms with E-state index >= 15 is 0 Å². The van der Waals surface area contributed by atoms with E-state index < -0.39 is 11.9 Å². The van der Waals surface area contributed by atoms with Crippen LogP contribution in [-0.4, -0.2) is 23.5 Å². The van der Waals surface area contributed by atoms with Crippen molar-refractivity contribution in [3.05, 3.63) is 41.2 Å². The van der Waals surface area contributed by atoms with Gasteiger partial charge in [-0.15, -0.1) is 0 Å². The molecule has 1 unspecified atom stereocenters. The first kappa shape index (κ1) is 14.9. The summed E-state index contributed by atoms with van der Waals surface area (Å²) in [5.41, 5.74) is 1.14. The van der Waals surface area contributed by atoms with Crippen molar-refractivity contribution < 1.29 is 19.1 Å². The fraction of sp³-hybridized carbons (Fsp3) is 0.286. The Balaban J connectivity index is 2.61. The molecule has 1 rings (SSSR count). The second-order valence-electron chi connectivity index (χ2n) is 4.33. The average molecular weight is 265 g/mol. The Kier molecular flexibility index (Phi) is 5.23. The predicted octanol–water partition coefficient (Wildman–Crippen LogP) is 2.07. The fourth-order valence-electron chi connectivity index (χ4n) is 1.35. The lowest BCUT2D eigenvalue weighted by molar-refractivity contribution is -0.141. The highest BCUT2D eigenvalue weighted by molar-refractivity contribution is 5.97. The van der Waals surface area contributed by atoms with Crippen LogP contribution >= 0.6 is 0 Å². The van der Waals surface area contributed by atoms with Crippen molar-refractivity contribution in [1.82, 2.24) is 5.32 Å². The van der Waals surface area contributed by atoms with Gasteiger partial charge in [-0.05, 0) is 30.7 Å². The third-order valence-corrected chi connectivity index (χ3v) is 2.60. The molecule has 0 aliphatic heterocycles. The minimum absolute atomic E-state index is 0.0722. The Hall–Kier alpha value is -2.17. The molecule has 0 aromatic heterocycles. The Bertz CT molecular complexity index is 494. The van der Waals surface area contributed by atoms with Gasteiger partial charge in [-0.2, -0.15) is 0 Å². The third kappa shape index (κ3) is 4.91. The average Bonchev–Trinajstić information content (AvgIpc) is 2.37. The van der Waals surface area contributed by atoms with Crippen LogP contribution in [-0.2, 0) is 9.59 Å². The molecule has 1 atom stereocenters. The van der Waals surface area contributed by atoms with Gasteiger partial charge in [-0.3, -0.25) is 9.59 Å². The molecule has 0 saturated heterocycles. The molecule has 102 valence electrons. The molecule has 0 bridgehead atoms. The van der Waals surface area contributed by atoms with Crippen molar-refractivity contribution in [1.29, 1.82) is 0 Å². The number of carboxylic acids is 1. The number of aliphatic carboxylic acids is 1. The third-order valence-electron chi connectivity index (χ3n) is 2.60. The molecule has 5 heteroatoms. The largest absolute Gasteiger partial charge is 0.481 e. The predicted molar refractivity (Wildman–Crippen MR) is 69.9 cm³/mol. The summed E-state index contributed by atoms with van der Waals surface area (Å²) in [7, 11) is 0. The Morgan fingerprint density at radius 2 is 1.95 bits per heavy atom. The number of carboxylic acid groups (broad SMARTS) is 1. The van der Waals surface area contributed by atoms with E-state index in [0.29, 0.717) is 11.1 Å². The molecule has 4 nitrogen and oxygen atoms in total. The van der Waals surface area contributed by atoms with Gasteiger partial charge in [0.1, 0.15) is 5.82 Å². The van der Waals surface area contributed by atoms with Gasteiger partial charge in [0.05, 0.1) is 5.92 Å². The zero-order valence-electron chi connectivity index (χ0n) is 10.8. The van der Waals surface area contributed by atoms with Gasteiger partial charge < -0.3 is 10.4 Å². The van der Waals surface area contributed by atoms with Crippen LogP contribution in [0.4, 0.5) is 4.39 Å². The van der Waals surface area contributed by atoms with Gasteiger partial charge in [-0.25, -0.2) is 4.39 Å². The number of nitrogens with one attached hydrogen (secondary N) is 1. The van der Waals surface area contributed by atoms with E-state index in [2.05, 4.69) is 5.32 Å². The van der Waals surface area contributed by atoms with Gasteiger partial charge in [0.15, 0.2) is 0 Å². The standard InChI is InChI=1S/C14H16FNO3/c1-9(7-11-3-5-12(15)6-4-11)13(17)16-8-10(2)14(18)19/h3-7,10H,8H2,1-2H3,(H,16,17)(H,18,19)/b9-7+. The normalized spacial score (nSPS) is 12.9. The molecular weight excluding hydrogens is 249 g/mol. The Morgan fingerprint density at radius 1 is 1.37 bits per heavy atom. The fourth-order valence-corrected chi connectivity index (χ4v) is 1.35. The van der Waals surface area contributed by atoms with Crippen molar-refractivity contribution >= 4 is 18.0 Å². The molecule has 2 N–H and O–H groups in total. The first-order valence-electron chi connectivity index (χ1n) is 5.85. The van der Waals surface area contributed by atoms with E-state index in [-0.39, 0.29) is 18.3 Å². The first-order chi connectivity index (χ1) is 8.90. The maximum Gasteiger partial charge on any atom is 0.308 e. The van der Waals surface area contributed by atoms with Gasteiger partial charge in [0.2, 0.25) is 5.91 Å². The lowest BCUT2D eigenvalue weighted by Crippen LogP contribution is -2.31. The number of benzene rings is 1. The van der Waals surface area contributed by atoms with Crippen molar-refractivity contribution in [3.8, 4) is 0 Å². The van der Waals surface area contributed by atoms with Crippen molar-refractivity contribution in [3.63, 3.8) is 0 Å². The number of hydrogen-bond acceptors (Lipinski definition) is 2. The molecule has 1 aromatic carbocycles. The van der Waals surface area contributed by atoms with Gasteiger partial charge >= 0.3 is 5.97 Å². The molecule has 1 aromatic rings. The van der Waals surface area contributed by atoms with Crippen LogP contribution in [0.3, 0.4) is 0 Å². The number of halogens is 1. The highest BCUT2D eigenvalue weighted by atomic mass is 19.1. The van der Waals surface area contributed by atoms with Crippen molar-refractivity contribution in [2.45, 2.75) is 13.8 Å². The van der Waals surface area contributed by atoms with Crippen molar-refractivity contribution in [2.24, 2.45) is 5.92 Å². The highest BCUT2D eigenvalue weighted by Crippen LogP contribution is 2.08. The molecule has 0 aliphatic carbocycles. The minimum atomic E-state index is -0.958. The maximum absolute atomic E-state index is 12.7. The summed E-state index contributed by atoms with van der Waals surface area (Å²) in [4.78, 5) is 22.3. The van der Waals surface area contributed by atoms with Crippen LogP contribution in [0.2, 0.25) is 0 Å². The second kappa shape index (κ2) is 6.68. The van der Waals surface area contributed by atoms with Crippen LogP contribution in [0.1, 0.15) is 19.4 Å². The zero-order valence-corrected chi connectivity index (χ0v) is 10.8.